The zero-order valence-corrected chi connectivity index (χ0v) is 40.6. The van der Waals surface area contributed by atoms with Gasteiger partial charge in [0.2, 0.25) is 5.91 Å². The minimum atomic E-state index is -2.73. The number of hydrogen-bond donors (Lipinski definition) is 3. The molecule has 0 aromatic heterocycles. The number of carbonyl (C=O) groups is 2. The normalized spacial score (nSPS) is 14.7. The molecule has 7 heteroatoms. The van der Waals surface area contributed by atoms with Crippen molar-refractivity contribution in [1.29, 1.82) is 0 Å². The monoisotopic (exact) mass is 898 g/mol. The molecule has 1 amide bonds. The molecule has 0 fully saturated rings. The van der Waals surface area contributed by atoms with Crippen molar-refractivity contribution < 1.29 is 9.59 Å². The Morgan fingerprint density at radius 3 is 2.17 bits per heavy atom. The van der Waals surface area contributed by atoms with Gasteiger partial charge in [-0.25, -0.2) is 0 Å². The van der Waals surface area contributed by atoms with Crippen LogP contribution >= 0.6 is 0 Å². The number of amides is 1. The maximum absolute atomic E-state index is 12.2. The molecule has 0 saturated heterocycles. The van der Waals surface area contributed by atoms with Crippen LogP contribution in [0.1, 0.15) is 80.2 Å². The Bertz CT molecular complexity index is 2770. The second-order valence-electron chi connectivity index (χ2n) is 17.9. The molecule has 2 aliphatic rings. The summed E-state index contributed by atoms with van der Waals surface area (Å²) >= 11 is -2.73. The topological polar surface area (TPSA) is 82.6 Å². The van der Waals surface area contributed by atoms with Crippen LogP contribution < -0.4 is 20.3 Å². The maximum atomic E-state index is 12.2. The first-order valence-electron chi connectivity index (χ1n) is 22.7. The fraction of sp³-hybridized carbons (Fsp3) is 0.304. The van der Waals surface area contributed by atoms with E-state index in [4.69, 9.17) is 0 Å². The van der Waals surface area contributed by atoms with Crippen LogP contribution in [-0.4, -0.2) is 57.9 Å². The number of ketones is 1. The summed E-state index contributed by atoms with van der Waals surface area (Å²) in [5, 5.41) is 15.2. The van der Waals surface area contributed by atoms with E-state index >= 15 is 0 Å². The summed E-state index contributed by atoms with van der Waals surface area (Å²) in [5.74, 6) is 5.12. The Morgan fingerprint density at radius 2 is 1.44 bits per heavy atom. The van der Waals surface area contributed by atoms with E-state index in [9.17, 15) is 9.59 Å². The Morgan fingerprint density at radius 1 is 0.730 bits per heavy atom. The van der Waals surface area contributed by atoms with Gasteiger partial charge >= 0.3 is 246 Å². The zero-order valence-electron chi connectivity index (χ0n) is 38.5. The Kier molecular flexibility index (Phi) is 14.3. The van der Waals surface area contributed by atoms with Crippen molar-refractivity contribution in [3.05, 3.63) is 159 Å². The molecule has 3 N–H and O–H groups in total. The summed E-state index contributed by atoms with van der Waals surface area (Å²) < 4.78 is 2.96. The van der Waals surface area contributed by atoms with E-state index in [0.29, 0.717) is 24.1 Å². The summed E-state index contributed by atoms with van der Waals surface area (Å²) in [4.78, 5) is 28.9. The van der Waals surface area contributed by atoms with Crippen LogP contribution in [0.2, 0.25) is 11.5 Å². The minimum absolute atomic E-state index is 0.0948. The Hall–Kier alpha value is -5.57. The molecule has 0 saturated carbocycles. The van der Waals surface area contributed by atoms with E-state index in [2.05, 4.69) is 150 Å². The average Bonchev–Trinajstić information content (AvgIpc) is 3.28. The zero-order chi connectivity index (χ0) is 44.8. The van der Waals surface area contributed by atoms with Gasteiger partial charge in [0, 0.05) is 18.5 Å². The van der Waals surface area contributed by atoms with E-state index in [0.717, 1.165) is 63.0 Å². The molecular weight excluding hydrogens is 833 g/mol. The summed E-state index contributed by atoms with van der Waals surface area (Å²) in [6.45, 7) is 15.5. The number of rotatable bonds is 18. The number of hydrogen-bond acceptors (Lipinski definition) is 5. The Balaban J connectivity index is 1.30. The van der Waals surface area contributed by atoms with Crippen molar-refractivity contribution in [1.82, 2.24) is 10.6 Å². The molecule has 0 radical (unpaired) electrons. The molecule has 5 aromatic rings. The van der Waals surface area contributed by atoms with Gasteiger partial charge in [-0.3, -0.25) is 9.59 Å². The quantitative estimate of drug-likeness (QED) is 0.0354. The number of anilines is 1. The van der Waals surface area contributed by atoms with Gasteiger partial charge in [0.1, 0.15) is 0 Å². The third-order valence-corrected chi connectivity index (χ3v) is 20.5. The molecular formula is C56H64GeN4O2. The first kappa shape index (κ1) is 45.5. The molecule has 324 valence electrons. The molecule has 1 aliphatic carbocycles. The van der Waals surface area contributed by atoms with Gasteiger partial charge in [-0.05, 0) is 38.8 Å². The number of aryl methyl sites for hydroxylation is 2. The summed E-state index contributed by atoms with van der Waals surface area (Å²) in [6, 6.07) is 30.0. The Labute approximate surface area is 377 Å². The second kappa shape index (κ2) is 19.9. The van der Waals surface area contributed by atoms with Gasteiger partial charge in [0.05, 0.1) is 0 Å². The number of carbonyl (C=O) groups excluding carboxylic acids is 2. The molecule has 63 heavy (non-hydrogen) atoms. The van der Waals surface area contributed by atoms with Crippen molar-refractivity contribution in [2.24, 2.45) is 4.99 Å². The molecule has 0 unspecified atom stereocenters. The average molecular weight is 898 g/mol. The van der Waals surface area contributed by atoms with Gasteiger partial charge in [-0.2, -0.15) is 0 Å². The molecule has 0 atom stereocenters. The van der Waals surface area contributed by atoms with E-state index in [-0.39, 0.29) is 11.7 Å². The van der Waals surface area contributed by atoms with Gasteiger partial charge < -0.3 is 10.6 Å². The van der Waals surface area contributed by atoms with Crippen LogP contribution in [0, 0.1) is 6.92 Å². The molecule has 1 heterocycles. The second-order valence-corrected chi connectivity index (χ2v) is 27.0. The first-order chi connectivity index (χ1) is 30.3. The number of nitrogens with one attached hydrogen (secondary N) is 3. The van der Waals surface area contributed by atoms with Crippen molar-refractivity contribution in [3.63, 3.8) is 0 Å². The van der Waals surface area contributed by atoms with E-state index in [1.54, 1.807) is 6.92 Å². The number of fused-ring (bicyclic) bond motifs is 4. The number of unbranched alkanes of at least 4 members (excludes halogenated alkanes) is 3. The van der Waals surface area contributed by atoms with Crippen molar-refractivity contribution in [2.75, 3.05) is 32.5 Å². The number of allylic oxidation sites excluding steroid dienone is 6. The van der Waals surface area contributed by atoms with Gasteiger partial charge in [-0.1, -0.05) is 44.2 Å². The van der Waals surface area contributed by atoms with Crippen molar-refractivity contribution >= 4 is 67.9 Å². The van der Waals surface area contributed by atoms with E-state index < -0.39 is 13.3 Å². The van der Waals surface area contributed by atoms with E-state index in [1.807, 2.05) is 21.0 Å². The van der Waals surface area contributed by atoms with Crippen molar-refractivity contribution in [3.8, 4) is 11.1 Å². The summed E-state index contributed by atoms with van der Waals surface area (Å²) in [5.41, 5.74) is 14.9. The standard InChI is InChI=1S/C56H64GeN4O2/c1-36(2)54(62)20-13-11-10-12-17-44-43-18-14-15-19-45(43)51(35-60-29-16-30-61-56(63)37(3)4)46-26-23-40(32-50(44)46)39-22-21-38(5)49(31-39)55-47-27-24-41(58-8)33-52(47)57(6,7)53-34-42(59-9)25-28-48(53)55/h14-15,18-19,21-28,31-34,58,60H,1,3,10-13,16-17,20,29-30,35H2,2,4-9H3,(H,61,63). The number of aliphatic imine (C=N–C) groups is 1. The summed E-state index contributed by atoms with van der Waals surface area (Å²) in [6.07, 6.45) is 13.2. The van der Waals surface area contributed by atoms with Crippen LogP contribution in [0.4, 0.5) is 5.69 Å². The van der Waals surface area contributed by atoms with Gasteiger partial charge in [0.25, 0.3) is 0 Å². The fourth-order valence-corrected chi connectivity index (χ4v) is 15.9. The summed E-state index contributed by atoms with van der Waals surface area (Å²) in [7, 11) is 3.89. The number of nitrogens with zero attached hydrogens (tertiary/aromatic N) is 1. The molecule has 0 spiro atoms. The van der Waals surface area contributed by atoms with Gasteiger partial charge in [-0.15, -0.1) is 0 Å². The predicted octanol–water partition coefficient (Wildman–Crippen LogP) is 11.7. The molecule has 5 aromatic carbocycles. The third-order valence-electron chi connectivity index (χ3n) is 13.1. The van der Waals surface area contributed by atoms with Crippen LogP contribution in [0.3, 0.4) is 0 Å². The van der Waals surface area contributed by atoms with Crippen LogP contribution in [-0.2, 0) is 22.6 Å². The van der Waals surface area contributed by atoms with Crippen LogP contribution in [0.5, 0.6) is 0 Å². The third kappa shape index (κ3) is 9.68. The SMILES string of the molecule is C=C(C)C(=O)CCCCCCc1c2ccccc2c(CNCCCNC(=O)C(=C)C)c2ccc(-c3ccc(C)c(C4=C5C=CC(=NC)C=[C]5[Ge]([CH3])([CH3])[c]5cc(NC)ccc54)c3)cc12. The molecule has 0 bridgehead atoms. The van der Waals surface area contributed by atoms with Crippen LogP contribution in [0.15, 0.2) is 136 Å². The van der Waals surface area contributed by atoms with Gasteiger partial charge in [0.15, 0.2) is 5.78 Å². The fourth-order valence-electron chi connectivity index (χ4n) is 9.42. The predicted molar refractivity (Wildman–Crippen MR) is 272 cm³/mol. The molecule has 6 nitrogen and oxygen atoms in total. The number of Topliss-reactive ketones (excluding diaryl/α,β-unsaturated/α-hetero) is 1. The van der Waals surface area contributed by atoms with Crippen molar-refractivity contribution in [2.45, 2.75) is 83.8 Å². The molecule has 1 aliphatic heterocycles. The number of benzene rings is 5. The van der Waals surface area contributed by atoms with E-state index in [1.165, 1.54) is 80.4 Å². The first-order valence-corrected chi connectivity index (χ1v) is 29.0. The molecule has 7 rings (SSSR count). The van der Waals surface area contributed by atoms with Crippen LogP contribution in [0.25, 0.3) is 38.2 Å².